The fourth-order valence-corrected chi connectivity index (χ4v) is 6.41. The molecule has 0 aliphatic rings. The van der Waals surface area contributed by atoms with Gasteiger partial charge >= 0.3 is 222 Å². The molecule has 4 rings (SSSR count). The summed E-state index contributed by atoms with van der Waals surface area (Å²) in [6.45, 7) is 0.630. The van der Waals surface area contributed by atoms with E-state index in [0.717, 1.165) is 25.4 Å². The number of halogens is 1. The first-order chi connectivity index (χ1) is 17.5. The van der Waals surface area contributed by atoms with Gasteiger partial charge < -0.3 is 0 Å². The molecule has 9 heteroatoms. The van der Waals surface area contributed by atoms with Crippen LogP contribution in [0.25, 0.3) is 10.9 Å². The van der Waals surface area contributed by atoms with Crippen LogP contribution in [0.4, 0.5) is 0 Å². The molecule has 190 valence electrons. The van der Waals surface area contributed by atoms with Gasteiger partial charge in [-0.25, -0.2) is 0 Å². The molecule has 36 heavy (non-hydrogen) atoms. The van der Waals surface area contributed by atoms with Crippen LogP contribution in [0.2, 0.25) is 5.02 Å². The summed E-state index contributed by atoms with van der Waals surface area (Å²) in [5, 5.41) is 1.72. The Morgan fingerprint density at radius 2 is 1.25 bits per heavy atom. The van der Waals surface area contributed by atoms with Crippen LogP contribution in [0.3, 0.4) is 0 Å². The summed E-state index contributed by atoms with van der Waals surface area (Å²) in [6.07, 6.45) is 2.16. The van der Waals surface area contributed by atoms with E-state index < -0.39 is 0 Å². The molecule has 0 bridgehead atoms. The van der Waals surface area contributed by atoms with Crippen molar-refractivity contribution in [3.8, 4) is 34.5 Å². The molecule has 0 amide bonds. The predicted octanol–water partition coefficient (Wildman–Crippen LogP) is 4.05. The van der Waals surface area contributed by atoms with Crippen LogP contribution in [-0.2, 0) is 6.54 Å². The Morgan fingerprint density at radius 1 is 0.694 bits per heavy atom. The van der Waals surface area contributed by atoms with Crippen molar-refractivity contribution >= 4 is 46.4 Å². The van der Waals surface area contributed by atoms with E-state index >= 15 is 0 Å². The van der Waals surface area contributed by atoms with E-state index in [9.17, 15) is 0 Å². The Kier molecular flexibility index (Phi) is 8.09. The van der Waals surface area contributed by atoms with E-state index in [0.29, 0.717) is 46.1 Å². The molecule has 0 atom stereocenters. The monoisotopic (exact) mass is 577 g/mol. The van der Waals surface area contributed by atoms with Gasteiger partial charge in [-0.05, 0) is 0 Å². The van der Waals surface area contributed by atoms with Crippen molar-refractivity contribution in [1.82, 2.24) is 4.57 Å². The van der Waals surface area contributed by atoms with Crippen molar-refractivity contribution in [2.45, 2.75) is 6.54 Å². The standard InChI is InChI=1S/C27H28ClNO6Se/c1-30-20-11-18(12-21(31-2)25(20)33-4)36-23-15-29(14-16-7-9-17(28)10-8-16)24-19(23)13-22(32-3)26(34-5)27(24)35-6/h7-13,15H,14H2,1-6H3. The molecular weight excluding hydrogens is 549 g/mol. The first-order valence-electron chi connectivity index (χ1n) is 11.0. The molecule has 1 heterocycles. The van der Waals surface area contributed by atoms with Gasteiger partial charge in [0.25, 0.3) is 0 Å². The molecule has 4 aromatic rings. The minimum absolute atomic E-state index is 0.110. The van der Waals surface area contributed by atoms with E-state index in [1.807, 2.05) is 42.5 Å². The maximum atomic E-state index is 6.11. The van der Waals surface area contributed by atoms with E-state index in [1.54, 1.807) is 42.7 Å². The summed E-state index contributed by atoms with van der Waals surface area (Å²) in [6, 6.07) is 13.8. The summed E-state index contributed by atoms with van der Waals surface area (Å²) in [7, 11) is 9.71. The molecule has 7 nitrogen and oxygen atoms in total. The molecule has 0 saturated carbocycles. The van der Waals surface area contributed by atoms with Crippen molar-refractivity contribution in [3.05, 3.63) is 59.2 Å². The zero-order chi connectivity index (χ0) is 25.8. The van der Waals surface area contributed by atoms with Gasteiger partial charge in [-0.2, -0.15) is 0 Å². The number of aromatic nitrogens is 1. The second-order valence-corrected chi connectivity index (χ2v) is 10.5. The Balaban J connectivity index is 1.91. The van der Waals surface area contributed by atoms with Gasteiger partial charge in [-0.15, -0.1) is 0 Å². The SMILES string of the molecule is COc1cc([Se]c2cn(Cc3ccc(Cl)cc3)c3c(OC)c(OC)c(OC)cc23)cc(OC)c1OC. The fraction of sp³-hybridized carbons (Fsp3) is 0.259. The van der Waals surface area contributed by atoms with Crippen LogP contribution in [0.15, 0.2) is 48.7 Å². The van der Waals surface area contributed by atoms with Crippen LogP contribution in [0.5, 0.6) is 34.5 Å². The van der Waals surface area contributed by atoms with Crippen LogP contribution in [0.1, 0.15) is 5.56 Å². The van der Waals surface area contributed by atoms with Crippen molar-refractivity contribution in [1.29, 1.82) is 0 Å². The molecule has 0 unspecified atom stereocenters. The van der Waals surface area contributed by atoms with E-state index in [4.69, 9.17) is 40.0 Å². The Labute approximate surface area is 221 Å². The summed E-state index contributed by atoms with van der Waals surface area (Å²) >= 11 is 6.00. The third-order valence-corrected chi connectivity index (χ3v) is 8.15. The second kappa shape index (κ2) is 11.2. The van der Waals surface area contributed by atoms with Gasteiger partial charge in [-0.3, -0.25) is 0 Å². The summed E-state index contributed by atoms with van der Waals surface area (Å²) in [4.78, 5) is 0. The molecule has 0 aliphatic carbocycles. The molecule has 0 aliphatic heterocycles. The summed E-state index contributed by atoms with van der Waals surface area (Å²) in [5.41, 5.74) is 2.04. The van der Waals surface area contributed by atoms with E-state index in [1.165, 1.54) is 0 Å². The average Bonchev–Trinajstić information content (AvgIpc) is 3.24. The van der Waals surface area contributed by atoms with Crippen molar-refractivity contribution in [2.75, 3.05) is 42.7 Å². The zero-order valence-electron chi connectivity index (χ0n) is 21.0. The molecule has 0 spiro atoms. The molecule has 0 N–H and O–H groups in total. The molecular formula is C27H28ClNO6Se. The number of methoxy groups -OCH3 is 6. The maximum absolute atomic E-state index is 6.11. The third kappa shape index (κ3) is 4.89. The Morgan fingerprint density at radius 3 is 1.78 bits per heavy atom. The average molecular weight is 577 g/mol. The number of rotatable bonds is 10. The van der Waals surface area contributed by atoms with Gasteiger partial charge in [0.2, 0.25) is 0 Å². The summed E-state index contributed by atoms with van der Waals surface area (Å²) < 4.78 is 38.2. The Hall–Kier alpha value is -3.19. The third-order valence-electron chi connectivity index (χ3n) is 5.76. The molecule has 0 saturated heterocycles. The fourth-order valence-electron chi connectivity index (χ4n) is 4.13. The van der Waals surface area contributed by atoms with Crippen molar-refractivity contribution in [2.24, 2.45) is 0 Å². The Bertz CT molecular complexity index is 1340. The number of benzene rings is 3. The number of nitrogens with zero attached hydrogens (tertiary/aromatic N) is 1. The number of hydrogen-bond acceptors (Lipinski definition) is 6. The number of hydrogen-bond donors (Lipinski definition) is 0. The molecule has 1 aromatic heterocycles. The molecule has 0 fully saturated rings. The second-order valence-electron chi connectivity index (χ2n) is 7.75. The van der Waals surface area contributed by atoms with E-state index in [-0.39, 0.29) is 15.0 Å². The van der Waals surface area contributed by atoms with Crippen LogP contribution in [-0.4, -0.2) is 62.2 Å². The van der Waals surface area contributed by atoms with Gasteiger partial charge in [-0.1, -0.05) is 0 Å². The van der Waals surface area contributed by atoms with Gasteiger partial charge in [0.1, 0.15) is 0 Å². The van der Waals surface area contributed by atoms with Crippen molar-refractivity contribution < 1.29 is 28.4 Å². The number of ether oxygens (including phenoxy) is 6. The first-order valence-corrected chi connectivity index (χ1v) is 13.1. The van der Waals surface area contributed by atoms with Gasteiger partial charge in [0.15, 0.2) is 0 Å². The van der Waals surface area contributed by atoms with Crippen LogP contribution >= 0.6 is 11.6 Å². The number of fused-ring (bicyclic) bond motifs is 1. The van der Waals surface area contributed by atoms with Crippen molar-refractivity contribution in [3.63, 3.8) is 0 Å². The molecule has 0 radical (unpaired) electrons. The summed E-state index contributed by atoms with van der Waals surface area (Å²) in [5.74, 6) is 3.58. The molecule has 3 aromatic carbocycles. The predicted molar refractivity (Wildman–Crippen MR) is 143 cm³/mol. The first kappa shape index (κ1) is 25.9. The van der Waals surface area contributed by atoms with Crippen LogP contribution in [0, 0.1) is 0 Å². The minimum atomic E-state index is -0.110. The van der Waals surface area contributed by atoms with E-state index in [2.05, 4.69) is 10.8 Å². The quantitative estimate of drug-likeness (QED) is 0.266. The topological polar surface area (TPSA) is 60.3 Å². The van der Waals surface area contributed by atoms with Gasteiger partial charge in [0.05, 0.1) is 0 Å². The normalized spacial score (nSPS) is 10.9. The van der Waals surface area contributed by atoms with Gasteiger partial charge in [0, 0.05) is 0 Å². The van der Waals surface area contributed by atoms with Crippen LogP contribution < -0.4 is 37.3 Å². The zero-order valence-corrected chi connectivity index (χ0v) is 23.5.